The quantitative estimate of drug-likeness (QED) is 0.860. The smallest absolute Gasteiger partial charge is 0.260 e. The topological polar surface area (TPSA) is 38.8 Å². The number of hydrogen-bond acceptors (Lipinski definition) is 3. The van der Waals surface area contributed by atoms with Gasteiger partial charge in [-0.2, -0.15) is 0 Å². The second-order valence-corrected chi connectivity index (χ2v) is 5.58. The summed E-state index contributed by atoms with van der Waals surface area (Å²) >= 11 is 11.8. The van der Waals surface area contributed by atoms with Gasteiger partial charge in [-0.1, -0.05) is 23.2 Å². The molecule has 6 heteroatoms. The molecule has 0 bridgehead atoms. The molecule has 1 aromatic carbocycles. The van der Waals surface area contributed by atoms with E-state index >= 15 is 0 Å². The predicted molar refractivity (Wildman–Crippen MR) is 78.6 cm³/mol. The van der Waals surface area contributed by atoms with Gasteiger partial charge >= 0.3 is 0 Å². The zero-order valence-corrected chi connectivity index (χ0v) is 12.8. The Hall–Kier alpha value is -0.970. The molecule has 4 nitrogen and oxygen atoms in total. The largest absolute Gasteiger partial charge is 0.482 e. The van der Waals surface area contributed by atoms with Crippen molar-refractivity contribution in [1.82, 2.24) is 4.90 Å². The average Bonchev–Trinajstić information content (AvgIpc) is 2.62. The van der Waals surface area contributed by atoms with Crippen molar-refractivity contribution in [3.8, 4) is 5.75 Å². The summed E-state index contributed by atoms with van der Waals surface area (Å²) in [6.07, 6.45) is 0.901. The number of rotatable bonds is 3. The van der Waals surface area contributed by atoms with Crippen molar-refractivity contribution in [2.24, 2.45) is 0 Å². The van der Waals surface area contributed by atoms with E-state index in [0.717, 1.165) is 6.42 Å². The van der Waals surface area contributed by atoms with Gasteiger partial charge in [0.15, 0.2) is 6.61 Å². The lowest BCUT2D eigenvalue weighted by atomic mass is 10.3. The molecule has 1 fully saturated rings. The molecule has 1 heterocycles. The van der Waals surface area contributed by atoms with E-state index in [0.29, 0.717) is 35.5 Å². The van der Waals surface area contributed by atoms with Crippen molar-refractivity contribution in [1.29, 1.82) is 0 Å². The van der Waals surface area contributed by atoms with E-state index in [4.69, 9.17) is 32.7 Å². The highest BCUT2D eigenvalue weighted by Gasteiger charge is 2.20. The van der Waals surface area contributed by atoms with Crippen LogP contribution in [-0.2, 0) is 9.53 Å². The minimum atomic E-state index is -0.0617. The van der Waals surface area contributed by atoms with Crippen molar-refractivity contribution in [3.63, 3.8) is 0 Å². The fourth-order valence-corrected chi connectivity index (χ4v) is 2.51. The highest BCUT2D eigenvalue weighted by Crippen LogP contribution is 2.27. The van der Waals surface area contributed by atoms with Crippen LogP contribution >= 0.6 is 23.2 Å². The normalized spacial score (nSPS) is 19.6. The second kappa shape index (κ2) is 7.16. The van der Waals surface area contributed by atoms with Crippen LogP contribution in [0.5, 0.6) is 5.75 Å². The van der Waals surface area contributed by atoms with Crippen LogP contribution in [0.15, 0.2) is 18.2 Å². The Morgan fingerprint density at radius 1 is 1.50 bits per heavy atom. The number of carbonyl (C=O) groups excluding carboxylic acids is 1. The SMILES string of the molecule is C[C@H]1CN(C(=O)COc2ccc(Cl)cc2Cl)CCCO1. The summed E-state index contributed by atoms with van der Waals surface area (Å²) < 4.78 is 11.0. The highest BCUT2D eigenvalue weighted by atomic mass is 35.5. The first-order valence-corrected chi connectivity index (χ1v) is 7.29. The zero-order valence-electron chi connectivity index (χ0n) is 11.3. The van der Waals surface area contributed by atoms with Gasteiger partial charge in [0.1, 0.15) is 5.75 Å². The molecular formula is C14H17Cl2NO3. The third-order valence-corrected chi connectivity index (χ3v) is 3.58. The molecule has 0 radical (unpaired) electrons. The fourth-order valence-electron chi connectivity index (χ4n) is 2.04. The Kier molecular flexibility index (Phi) is 5.52. The lowest BCUT2D eigenvalue weighted by molar-refractivity contribution is -0.134. The summed E-state index contributed by atoms with van der Waals surface area (Å²) in [6.45, 7) is 3.91. The van der Waals surface area contributed by atoms with Gasteiger partial charge in [-0.25, -0.2) is 0 Å². The molecule has 1 atom stereocenters. The minimum absolute atomic E-state index is 0.0337. The summed E-state index contributed by atoms with van der Waals surface area (Å²) in [5, 5.41) is 0.935. The maximum Gasteiger partial charge on any atom is 0.260 e. The molecule has 1 aliphatic heterocycles. The first-order chi connectivity index (χ1) is 9.56. The van der Waals surface area contributed by atoms with Gasteiger partial charge in [0, 0.05) is 24.7 Å². The molecule has 1 aromatic rings. The molecule has 1 amide bonds. The predicted octanol–water partition coefficient (Wildman–Crippen LogP) is 3.01. The van der Waals surface area contributed by atoms with Crippen LogP contribution in [0.2, 0.25) is 10.0 Å². The van der Waals surface area contributed by atoms with Crippen LogP contribution in [0.25, 0.3) is 0 Å². The molecule has 0 unspecified atom stereocenters. The molecule has 0 aliphatic carbocycles. The second-order valence-electron chi connectivity index (χ2n) is 4.74. The summed E-state index contributed by atoms with van der Waals surface area (Å²) in [6, 6.07) is 4.92. The molecule has 20 heavy (non-hydrogen) atoms. The molecule has 2 rings (SSSR count). The Morgan fingerprint density at radius 2 is 2.30 bits per heavy atom. The Morgan fingerprint density at radius 3 is 3.05 bits per heavy atom. The Balaban J connectivity index is 1.91. The van der Waals surface area contributed by atoms with Crippen molar-refractivity contribution in [2.45, 2.75) is 19.4 Å². The van der Waals surface area contributed by atoms with E-state index in [1.807, 2.05) is 6.92 Å². The molecule has 1 saturated heterocycles. The van der Waals surface area contributed by atoms with Crippen LogP contribution in [0.4, 0.5) is 0 Å². The monoisotopic (exact) mass is 317 g/mol. The fraction of sp³-hybridized carbons (Fsp3) is 0.500. The van der Waals surface area contributed by atoms with Gasteiger partial charge in [-0.15, -0.1) is 0 Å². The number of amides is 1. The molecule has 0 N–H and O–H groups in total. The van der Waals surface area contributed by atoms with Crippen LogP contribution in [0.1, 0.15) is 13.3 Å². The zero-order chi connectivity index (χ0) is 14.5. The maximum absolute atomic E-state index is 12.1. The maximum atomic E-state index is 12.1. The van der Waals surface area contributed by atoms with Crippen molar-refractivity contribution in [2.75, 3.05) is 26.3 Å². The minimum Gasteiger partial charge on any atom is -0.482 e. The lowest BCUT2D eigenvalue weighted by Crippen LogP contribution is -2.38. The Labute approximate surface area is 128 Å². The third-order valence-electron chi connectivity index (χ3n) is 3.05. The molecule has 110 valence electrons. The van der Waals surface area contributed by atoms with E-state index in [2.05, 4.69) is 0 Å². The van der Waals surface area contributed by atoms with Gasteiger partial charge in [0.25, 0.3) is 5.91 Å². The molecule has 0 aromatic heterocycles. The van der Waals surface area contributed by atoms with Gasteiger partial charge < -0.3 is 14.4 Å². The van der Waals surface area contributed by atoms with Crippen LogP contribution < -0.4 is 4.74 Å². The van der Waals surface area contributed by atoms with Gasteiger partial charge in [0.05, 0.1) is 11.1 Å². The molecule has 0 saturated carbocycles. The number of ether oxygens (including phenoxy) is 2. The van der Waals surface area contributed by atoms with Crippen molar-refractivity contribution in [3.05, 3.63) is 28.2 Å². The van der Waals surface area contributed by atoms with Gasteiger partial charge in [-0.3, -0.25) is 4.79 Å². The van der Waals surface area contributed by atoms with Gasteiger partial charge in [-0.05, 0) is 31.5 Å². The van der Waals surface area contributed by atoms with E-state index in [9.17, 15) is 4.79 Å². The molecule has 1 aliphatic rings. The van der Waals surface area contributed by atoms with E-state index in [1.54, 1.807) is 23.1 Å². The van der Waals surface area contributed by atoms with Crippen LogP contribution in [0.3, 0.4) is 0 Å². The first-order valence-electron chi connectivity index (χ1n) is 6.53. The molecule has 0 spiro atoms. The van der Waals surface area contributed by atoms with E-state index < -0.39 is 0 Å². The van der Waals surface area contributed by atoms with Crippen molar-refractivity contribution >= 4 is 29.1 Å². The summed E-state index contributed by atoms with van der Waals surface area (Å²) in [4.78, 5) is 13.9. The summed E-state index contributed by atoms with van der Waals surface area (Å²) in [7, 11) is 0. The number of hydrogen-bond donors (Lipinski definition) is 0. The standard InChI is InChI=1S/C14H17Cl2NO3/c1-10-8-17(5-2-6-19-10)14(18)9-20-13-4-3-11(15)7-12(13)16/h3-4,7,10H,2,5-6,8-9H2,1H3/t10-/m0/s1. The Bertz CT molecular complexity index is 481. The van der Waals surface area contributed by atoms with Crippen LogP contribution in [0, 0.1) is 0 Å². The number of nitrogens with zero attached hydrogens (tertiary/aromatic N) is 1. The number of benzene rings is 1. The lowest BCUT2D eigenvalue weighted by Gasteiger charge is -2.22. The van der Waals surface area contributed by atoms with E-state index in [1.165, 1.54) is 0 Å². The van der Waals surface area contributed by atoms with Crippen LogP contribution in [-0.4, -0.2) is 43.2 Å². The third kappa shape index (κ3) is 4.27. The summed E-state index contributed by atoms with van der Waals surface area (Å²) in [5.41, 5.74) is 0. The number of carbonyl (C=O) groups is 1. The first kappa shape index (κ1) is 15.4. The van der Waals surface area contributed by atoms with E-state index in [-0.39, 0.29) is 18.6 Å². The van der Waals surface area contributed by atoms with Gasteiger partial charge in [0.2, 0.25) is 0 Å². The van der Waals surface area contributed by atoms with Crippen molar-refractivity contribution < 1.29 is 14.3 Å². The highest BCUT2D eigenvalue weighted by molar-refractivity contribution is 6.35. The summed E-state index contributed by atoms with van der Waals surface area (Å²) in [5.74, 6) is 0.400. The average molecular weight is 318 g/mol. The number of halogens is 2. The molecular weight excluding hydrogens is 301 g/mol.